The van der Waals surface area contributed by atoms with Crippen molar-refractivity contribution < 1.29 is 9.53 Å². The second-order valence-corrected chi connectivity index (χ2v) is 5.03. The molecule has 0 aliphatic rings. The Morgan fingerprint density at radius 1 is 1.09 bits per heavy atom. The van der Waals surface area contributed by atoms with E-state index in [9.17, 15) is 4.79 Å². The Morgan fingerprint density at radius 3 is 2.50 bits per heavy atom. The van der Waals surface area contributed by atoms with Gasteiger partial charge in [-0.05, 0) is 30.5 Å². The second-order valence-electron chi connectivity index (χ2n) is 5.03. The van der Waals surface area contributed by atoms with Crippen LogP contribution in [0.25, 0.3) is 0 Å². The molecule has 2 aromatic carbocycles. The summed E-state index contributed by atoms with van der Waals surface area (Å²) in [6.07, 6.45) is 0.896. The predicted octanol–water partition coefficient (Wildman–Crippen LogP) is 3.65. The molecule has 0 heterocycles. The lowest BCUT2D eigenvalue weighted by atomic mass is 10.1. The van der Waals surface area contributed by atoms with Crippen molar-refractivity contribution in [3.8, 4) is 5.75 Å². The van der Waals surface area contributed by atoms with Crippen LogP contribution in [0.3, 0.4) is 0 Å². The molecule has 0 radical (unpaired) electrons. The number of ether oxygens (including phenoxy) is 1. The van der Waals surface area contributed by atoms with E-state index in [0.29, 0.717) is 0 Å². The van der Waals surface area contributed by atoms with Gasteiger partial charge in [-0.2, -0.15) is 0 Å². The summed E-state index contributed by atoms with van der Waals surface area (Å²) in [5.41, 5.74) is 2.19. The summed E-state index contributed by atoms with van der Waals surface area (Å²) in [7, 11) is 0. The summed E-state index contributed by atoms with van der Waals surface area (Å²) < 4.78 is 5.61. The highest BCUT2D eigenvalue weighted by molar-refractivity contribution is 5.74. The maximum atomic E-state index is 11.9. The minimum Gasteiger partial charge on any atom is -0.473 e. The van der Waals surface area contributed by atoms with Crippen molar-refractivity contribution in [1.29, 1.82) is 0 Å². The second kappa shape index (κ2) is 8.08. The number of urea groups is 1. The fraction of sp³-hybridized carbons (Fsp3) is 0.278. The number of rotatable bonds is 6. The van der Waals surface area contributed by atoms with Crippen molar-refractivity contribution in [3.05, 3.63) is 65.7 Å². The van der Waals surface area contributed by atoms with Crippen LogP contribution in [-0.4, -0.2) is 12.8 Å². The Kier molecular flexibility index (Phi) is 5.83. The number of amides is 2. The molecule has 116 valence electrons. The third-order valence-corrected chi connectivity index (χ3v) is 3.46. The molecular formula is C18H22N2O2. The quantitative estimate of drug-likeness (QED) is 0.800. The van der Waals surface area contributed by atoms with Crippen LogP contribution in [0.4, 0.5) is 4.79 Å². The summed E-state index contributed by atoms with van der Waals surface area (Å²) in [4.78, 5) is 11.9. The number of carbonyl (C=O) groups is 1. The van der Waals surface area contributed by atoms with E-state index in [-0.39, 0.29) is 18.8 Å². The van der Waals surface area contributed by atoms with E-state index in [2.05, 4.69) is 17.6 Å². The van der Waals surface area contributed by atoms with Gasteiger partial charge in [0.1, 0.15) is 5.75 Å². The molecule has 1 unspecified atom stereocenters. The predicted molar refractivity (Wildman–Crippen MR) is 87.8 cm³/mol. The van der Waals surface area contributed by atoms with Gasteiger partial charge in [-0.25, -0.2) is 4.79 Å². The average molecular weight is 298 g/mol. The van der Waals surface area contributed by atoms with Crippen LogP contribution in [0, 0.1) is 0 Å². The first-order chi connectivity index (χ1) is 10.7. The average Bonchev–Trinajstić information content (AvgIpc) is 2.56. The van der Waals surface area contributed by atoms with E-state index in [1.165, 1.54) is 0 Å². The summed E-state index contributed by atoms with van der Waals surface area (Å²) >= 11 is 0. The van der Waals surface area contributed by atoms with Crippen LogP contribution >= 0.6 is 0 Å². The number of benzene rings is 2. The minimum atomic E-state index is -0.245. The highest BCUT2D eigenvalue weighted by atomic mass is 16.5. The van der Waals surface area contributed by atoms with Gasteiger partial charge in [-0.1, -0.05) is 55.5 Å². The molecule has 2 N–H and O–H groups in total. The highest BCUT2D eigenvalue weighted by Gasteiger charge is 2.08. The molecular weight excluding hydrogens is 276 g/mol. The Bertz CT molecular complexity index is 599. The molecule has 0 saturated heterocycles. The number of para-hydroxylation sites is 1. The monoisotopic (exact) mass is 298 g/mol. The number of nitrogens with one attached hydrogen (secondary N) is 2. The number of hydrogen-bond acceptors (Lipinski definition) is 2. The lowest BCUT2D eigenvalue weighted by molar-refractivity contribution is 0.221. The largest absolute Gasteiger partial charge is 0.473 e. The van der Waals surface area contributed by atoms with E-state index in [1.807, 2.05) is 61.5 Å². The Labute approximate surface area is 131 Å². The smallest absolute Gasteiger partial charge is 0.317 e. The zero-order valence-electron chi connectivity index (χ0n) is 13.0. The standard InChI is InChI=1S/C18H22N2O2/c1-3-15-9-7-8-12-17(15)22-13-19-18(21)20-14(2)16-10-5-4-6-11-16/h4-12,14H,3,13H2,1-2H3,(H2,19,20,21). The fourth-order valence-electron chi connectivity index (χ4n) is 2.19. The van der Waals surface area contributed by atoms with Gasteiger partial charge in [0.25, 0.3) is 0 Å². The maximum Gasteiger partial charge on any atom is 0.317 e. The highest BCUT2D eigenvalue weighted by Crippen LogP contribution is 2.17. The topological polar surface area (TPSA) is 50.4 Å². The van der Waals surface area contributed by atoms with Gasteiger partial charge < -0.3 is 15.4 Å². The Hall–Kier alpha value is -2.49. The zero-order chi connectivity index (χ0) is 15.8. The van der Waals surface area contributed by atoms with Crippen molar-refractivity contribution in [2.45, 2.75) is 26.3 Å². The maximum absolute atomic E-state index is 11.9. The molecule has 1 atom stereocenters. The Morgan fingerprint density at radius 2 is 1.77 bits per heavy atom. The molecule has 22 heavy (non-hydrogen) atoms. The SMILES string of the molecule is CCc1ccccc1OCNC(=O)NC(C)c1ccccc1. The van der Waals surface area contributed by atoms with E-state index >= 15 is 0 Å². The molecule has 0 fully saturated rings. The van der Waals surface area contributed by atoms with Crippen molar-refractivity contribution in [1.82, 2.24) is 10.6 Å². The Balaban J connectivity index is 1.78. The molecule has 0 bridgehead atoms. The third-order valence-electron chi connectivity index (χ3n) is 3.46. The molecule has 0 aliphatic heterocycles. The van der Waals surface area contributed by atoms with Crippen LogP contribution in [0.15, 0.2) is 54.6 Å². The van der Waals surface area contributed by atoms with Crippen molar-refractivity contribution in [2.24, 2.45) is 0 Å². The van der Waals surface area contributed by atoms with Gasteiger partial charge in [0.05, 0.1) is 6.04 Å². The molecule has 2 rings (SSSR count). The summed E-state index contributed by atoms with van der Waals surface area (Å²) in [6.45, 7) is 4.16. The third kappa shape index (κ3) is 4.52. The molecule has 4 heteroatoms. The van der Waals surface area contributed by atoms with Gasteiger partial charge in [0.15, 0.2) is 6.73 Å². The van der Waals surface area contributed by atoms with Crippen LogP contribution in [0.5, 0.6) is 5.75 Å². The van der Waals surface area contributed by atoms with Crippen molar-refractivity contribution in [3.63, 3.8) is 0 Å². The normalized spacial score (nSPS) is 11.5. The van der Waals surface area contributed by atoms with E-state index in [4.69, 9.17) is 4.74 Å². The van der Waals surface area contributed by atoms with Gasteiger partial charge in [-0.15, -0.1) is 0 Å². The van der Waals surface area contributed by atoms with Crippen LogP contribution in [0.1, 0.15) is 31.0 Å². The molecule has 0 saturated carbocycles. The zero-order valence-corrected chi connectivity index (χ0v) is 13.0. The number of carbonyl (C=O) groups excluding carboxylic acids is 1. The van der Waals surface area contributed by atoms with Gasteiger partial charge in [-0.3, -0.25) is 0 Å². The minimum absolute atomic E-state index is 0.0517. The summed E-state index contributed by atoms with van der Waals surface area (Å²) in [5.74, 6) is 0.807. The van der Waals surface area contributed by atoms with Crippen LogP contribution < -0.4 is 15.4 Å². The van der Waals surface area contributed by atoms with Crippen molar-refractivity contribution >= 4 is 6.03 Å². The van der Waals surface area contributed by atoms with E-state index < -0.39 is 0 Å². The number of aryl methyl sites for hydroxylation is 1. The molecule has 0 aromatic heterocycles. The summed E-state index contributed by atoms with van der Waals surface area (Å²) in [6, 6.07) is 17.4. The summed E-state index contributed by atoms with van der Waals surface area (Å²) in [5, 5.41) is 5.59. The number of hydrogen-bond donors (Lipinski definition) is 2. The van der Waals surface area contributed by atoms with Crippen LogP contribution in [-0.2, 0) is 6.42 Å². The van der Waals surface area contributed by atoms with Crippen LogP contribution in [0.2, 0.25) is 0 Å². The first-order valence-electron chi connectivity index (χ1n) is 7.50. The van der Waals surface area contributed by atoms with Gasteiger partial charge in [0.2, 0.25) is 0 Å². The lowest BCUT2D eigenvalue weighted by Gasteiger charge is -2.16. The van der Waals surface area contributed by atoms with E-state index in [0.717, 1.165) is 23.3 Å². The van der Waals surface area contributed by atoms with Crippen molar-refractivity contribution in [2.75, 3.05) is 6.73 Å². The van der Waals surface area contributed by atoms with Gasteiger partial charge >= 0.3 is 6.03 Å². The molecule has 2 amide bonds. The lowest BCUT2D eigenvalue weighted by Crippen LogP contribution is -2.39. The van der Waals surface area contributed by atoms with E-state index in [1.54, 1.807) is 0 Å². The first-order valence-corrected chi connectivity index (χ1v) is 7.50. The molecule has 0 spiro atoms. The first kappa shape index (κ1) is 15.9. The molecule has 0 aliphatic carbocycles. The molecule has 2 aromatic rings. The molecule has 4 nitrogen and oxygen atoms in total. The van der Waals surface area contributed by atoms with Gasteiger partial charge in [0, 0.05) is 0 Å². The fourth-order valence-corrected chi connectivity index (χ4v) is 2.19.